The van der Waals surface area contributed by atoms with Crippen LogP contribution in [0.2, 0.25) is 0 Å². The Bertz CT molecular complexity index is 464. The first-order valence-corrected chi connectivity index (χ1v) is 6.82. The van der Waals surface area contributed by atoms with Gasteiger partial charge in [0, 0.05) is 18.8 Å². The van der Waals surface area contributed by atoms with E-state index in [4.69, 9.17) is 0 Å². The number of aliphatic imine (C=N–C) groups is 1. The van der Waals surface area contributed by atoms with E-state index in [1.165, 1.54) is 32.1 Å². The van der Waals surface area contributed by atoms with Crippen LogP contribution in [0.4, 0.5) is 11.5 Å². The first-order chi connectivity index (χ1) is 8.81. The summed E-state index contributed by atoms with van der Waals surface area (Å²) in [5, 5.41) is 0. The highest BCUT2D eigenvalue weighted by atomic mass is 16.1. The molecule has 0 saturated carbocycles. The predicted octanol–water partition coefficient (Wildman–Crippen LogP) is 2.87. The van der Waals surface area contributed by atoms with Gasteiger partial charge in [0.1, 0.15) is 0 Å². The fourth-order valence-electron chi connectivity index (χ4n) is 2.26. The summed E-state index contributed by atoms with van der Waals surface area (Å²) in [7, 11) is 0. The summed E-state index contributed by atoms with van der Waals surface area (Å²) in [5.41, 5.74) is 0.961. The number of fused-ring (bicyclic) bond motifs is 1. The second kappa shape index (κ2) is 6.38. The van der Waals surface area contributed by atoms with Gasteiger partial charge in [-0.2, -0.15) is 0 Å². The Labute approximate surface area is 108 Å². The van der Waals surface area contributed by atoms with Gasteiger partial charge >= 0.3 is 0 Å². The van der Waals surface area contributed by atoms with Crippen LogP contribution >= 0.6 is 0 Å². The Morgan fingerprint density at radius 3 is 2.94 bits per heavy atom. The molecule has 1 aliphatic heterocycles. The van der Waals surface area contributed by atoms with Crippen LogP contribution in [0.25, 0.3) is 0 Å². The monoisotopic (exact) mass is 247 g/mol. The lowest BCUT2D eigenvalue weighted by Gasteiger charge is -2.26. The van der Waals surface area contributed by atoms with Gasteiger partial charge in [-0.25, -0.2) is 4.99 Å². The summed E-state index contributed by atoms with van der Waals surface area (Å²) in [4.78, 5) is 20.5. The van der Waals surface area contributed by atoms with Crippen molar-refractivity contribution >= 4 is 17.7 Å². The number of anilines is 1. The van der Waals surface area contributed by atoms with Crippen LogP contribution in [0, 0.1) is 0 Å². The summed E-state index contributed by atoms with van der Waals surface area (Å²) in [6, 6.07) is 3.44. The molecule has 0 atom stereocenters. The molecule has 0 bridgehead atoms. The molecule has 0 spiro atoms. The second-order valence-electron chi connectivity index (χ2n) is 4.73. The van der Waals surface area contributed by atoms with Gasteiger partial charge in [-0.1, -0.05) is 32.6 Å². The molecule has 0 saturated heterocycles. The van der Waals surface area contributed by atoms with E-state index >= 15 is 0 Å². The first kappa shape index (κ1) is 12.9. The highest BCUT2D eigenvalue weighted by Crippen LogP contribution is 2.27. The summed E-state index contributed by atoms with van der Waals surface area (Å²) < 4.78 is 0. The molecule has 0 radical (unpaired) electrons. The Morgan fingerprint density at radius 1 is 1.28 bits per heavy atom. The Balaban J connectivity index is 1.92. The zero-order chi connectivity index (χ0) is 12.8. The molecule has 0 amide bonds. The minimum Gasteiger partial charge on any atom is -0.363 e. The highest BCUT2D eigenvalue weighted by molar-refractivity contribution is 5.79. The third-order valence-electron chi connectivity index (χ3n) is 3.27. The van der Waals surface area contributed by atoms with E-state index in [1.54, 1.807) is 6.07 Å². The van der Waals surface area contributed by atoms with Crippen molar-refractivity contribution in [2.75, 3.05) is 18.0 Å². The number of H-pyrrole nitrogens is 1. The minimum atomic E-state index is -0.0873. The molecule has 4 nitrogen and oxygen atoms in total. The van der Waals surface area contributed by atoms with Gasteiger partial charge in [-0.15, -0.1) is 0 Å². The molecule has 0 fully saturated rings. The van der Waals surface area contributed by atoms with E-state index in [0.29, 0.717) is 5.82 Å². The molecular formula is C14H21N3O. The van der Waals surface area contributed by atoms with Gasteiger partial charge in [-0.3, -0.25) is 4.79 Å². The van der Waals surface area contributed by atoms with Crippen molar-refractivity contribution in [1.82, 2.24) is 4.98 Å². The van der Waals surface area contributed by atoms with E-state index < -0.39 is 0 Å². The summed E-state index contributed by atoms with van der Waals surface area (Å²) in [6.07, 6.45) is 8.26. The van der Waals surface area contributed by atoms with Crippen LogP contribution in [0.5, 0.6) is 0 Å². The van der Waals surface area contributed by atoms with Gasteiger partial charge in [0.2, 0.25) is 5.56 Å². The van der Waals surface area contributed by atoms with Crippen LogP contribution in [-0.2, 0) is 0 Å². The smallest absolute Gasteiger partial charge is 0.249 e. The lowest BCUT2D eigenvalue weighted by molar-refractivity contribution is 0.626. The van der Waals surface area contributed by atoms with E-state index in [1.807, 2.05) is 12.3 Å². The number of aromatic nitrogens is 1. The molecule has 4 heteroatoms. The van der Waals surface area contributed by atoms with Gasteiger partial charge in [-0.05, 0) is 12.5 Å². The van der Waals surface area contributed by atoms with Gasteiger partial charge in [0.25, 0.3) is 0 Å². The standard InChI is InChI=1S/C14H21N3O/c1-2-3-4-5-6-10-17-11-9-15-14-12(17)7-8-13(18)16-14/h7-9H,2-6,10-11H2,1H3,(H,16,18). The number of nitrogens with zero attached hydrogens (tertiary/aromatic N) is 2. The Kier molecular flexibility index (Phi) is 4.56. The van der Waals surface area contributed by atoms with Crippen molar-refractivity contribution in [3.63, 3.8) is 0 Å². The minimum absolute atomic E-state index is 0.0873. The van der Waals surface area contributed by atoms with Crippen molar-refractivity contribution in [1.29, 1.82) is 0 Å². The lowest BCUT2D eigenvalue weighted by atomic mass is 10.1. The number of hydrogen-bond donors (Lipinski definition) is 1. The topological polar surface area (TPSA) is 48.5 Å². The molecule has 98 valence electrons. The van der Waals surface area contributed by atoms with Crippen LogP contribution in [0.3, 0.4) is 0 Å². The highest BCUT2D eigenvalue weighted by Gasteiger charge is 2.13. The molecule has 18 heavy (non-hydrogen) atoms. The van der Waals surface area contributed by atoms with Crippen molar-refractivity contribution in [2.24, 2.45) is 4.99 Å². The number of rotatable bonds is 6. The maximum absolute atomic E-state index is 11.2. The van der Waals surface area contributed by atoms with E-state index in [2.05, 4.69) is 21.8 Å². The normalized spacial score (nSPS) is 13.7. The fraction of sp³-hybridized carbons (Fsp3) is 0.571. The zero-order valence-corrected chi connectivity index (χ0v) is 11.0. The molecule has 0 aliphatic carbocycles. The van der Waals surface area contributed by atoms with E-state index in [9.17, 15) is 4.79 Å². The molecule has 2 heterocycles. The average Bonchev–Trinajstić information content (AvgIpc) is 2.38. The van der Waals surface area contributed by atoms with E-state index in [0.717, 1.165) is 18.8 Å². The van der Waals surface area contributed by atoms with E-state index in [-0.39, 0.29) is 5.56 Å². The third-order valence-corrected chi connectivity index (χ3v) is 3.27. The van der Waals surface area contributed by atoms with Crippen molar-refractivity contribution in [2.45, 2.75) is 39.0 Å². The number of pyridine rings is 1. The summed E-state index contributed by atoms with van der Waals surface area (Å²) >= 11 is 0. The number of aromatic amines is 1. The van der Waals surface area contributed by atoms with Gasteiger partial charge in [0.05, 0.1) is 12.2 Å². The maximum Gasteiger partial charge on any atom is 0.249 e. The van der Waals surface area contributed by atoms with Crippen molar-refractivity contribution in [3.8, 4) is 0 Å². The quantitative estimate of drug-likeness (QED) is 0.786. The molecule has 1 aliphatic rings. The molecule has 0 aromatic carbocycles. The van der Waals surface area contributed by atoms with Gasteiger partial charge < -0.3 is 9.88 Å². The summed E-state index contributed by atoms with van der Waals surface area (Å²) in [6.45, 7) is 4.11. The van der Waals surface area contributed by atoms with Crippen LogP contribution in [0.15, 0.2) is 21.9 Å². The van der Waals surface area contributed by atoms with Crippen LogP contribution in [-0.4, -0.2) is 24.3 Å². The van der Waals surface area contributed by atoms with Crippen molar-refractivity contribution in [3.05, 3.63) is 22.5 Å². The molecular weight excluding hydrogens is 226 g/mol. The second-order valence-corrected chi connectivity index (χ2v) is 4.73. The maximum atomic E-state index is 11.2. The Hall–Kier alpha value is -1.58. The number of nitrogens with one attached hydrogen (secondary N) is 1. The molecule has 1 aromatic heterocycles. The fourth-order valence-corrected chi connectivity index (χ4v) is 2.26. The van der Waals surface area contributed by atoms with Crippen molar-refractivity contribution < 1.29 is 0 Å². The average molecular weight is 247 g/mol. The summed E-state index contributed by atoms with van der Waals surface area (Å²) in [5.74, 6) is 0.697. The first-order valence-electron chi connectivity index (χ1n) is 6.82. The zero-order valence-electron chi connectivity index (χ0n) is 11.0. The predicted molar refractivity (Wildman–Crippen MR) is 76.2 cm³/mol. The third kappa shape index (κ3) is 3.22. The van der Waals surface area contributed by atoms with Crippen LogP contribution < -0.4 is 10.5 Å². The number of hydrogen-bond acceptors (Lipinski definition) is 3. The number of unbranched alkanes of at least 4 members (excludes halogenated alkanes) is 4. The Morgan fingerprint density at radius 2 is 2.11 bits per heavy atom. The molecule has 2 rings (SSSR count). The lowest BCUT2D eigenvalue weighted by Crippen LogP contribution is -2.29. The van der Waals surface area contributed by atoms with Crippen LogP contribution in [0.1, 0.15) is 39.0 Å². The SMILES string of the molecule is CCCCCCCN1CC=Nc2[nH]c(=O)ccc21. The van der Waals surface area contributed by atoms with Gasteiger partial charge in [0.15, 0.2) is 5.82 Å². The molecule has 0 unspecified atom stereocenters. The molecule has 1 N–H and O–H groups in total. The molecule has 1 aromatic rings. The largest absolute Gasteiger partial charge is 0.363 e.